The van der Waals surface area contributed by atoms with Gasteiger partial charge in [0.25, 0.3) is 5.91 Å². The lowest BCUT2D eigenvalue weighted by atomic mass is 9.94. The second-order valence-electron chi connectivity index (χ2n) is 4.71. The smallest absolute Gasteiger partial charge is 0.277 e. The van der Waals surface area contributed by atoms with E-state index in [2.05, 4.69) is 27.9 Å². The van der Waals surface area contributed by atoms with E-state index in [0.29, 0.717) is 0 Å². The molecule has 0 atom stereocenters. The van der Waals surface area contributed by atoms with E-state index in [1.807, 2.05) is 0 Å². The number of thiocarbonyl (C=S) groups is 1. The minimum absolute atomic E-state index is 0.0336. The zero-order valence-electron chi connectivity index (χ0n) is 10.5. The number of hydrazone groups is 1. The first-order valence-corrected chi connectivity index (χ1v) is 6.69. The molecule has 0 aromatic rings. The summed E-state index contributed by atoms with van der Waals surface area (Å²) in [5, 5.41) is 15.9. The van der Waals surface area contributed by atoms with Gasteiger partial charge in [0.1, 0.15) is 5.71 Å². The maximum Gasteiger partial charge on any atom is 0.277 e. The Kier molecular flexibility index (Phi) is 4.31. The molecule has 0 spiro atoms. The Bertz CT molecular complexity index is 442. The summed E-state index contributed by atoms with van der Waals surface area (Å²) in [6.45, 7) is 0.290. The first-order valence-electron chi connectivity index (χ1n) is 6.29. The van der Waals surface area contributed by atoms with E-state index in [1.54, 1.807) is 4.90 Å². The molecule has 1 saturated carbocycles. The van der Waals surface area contributed by atoms with Gasteiger partial charge in [-0.2, -0.15) is 5.10 Å². The number of oxime groups is 1. The summed E-state index contributed by atoms with van der Waals surface area (Å²) in [4.78, 5) is 14.0. The zero-order valence-corrected chi connectivity index (χ0v) is 11.3. The maximum absolute atomic E-state index is 12.3. The molecule has 2 aliphatic rings. The van der Waals surface area contributed by atoms with E-state index < -0.39 is 0 Å². The summed E-state index contributed by atoms with van der Waals surface area (Å²) >= 11 is 4.63. The van der Waals surface area contributed by atoms with Crippen molar-refractivity contribution in [2.24, 2.45) is 16.0 Å². The van der Waals surface area contributed by atoms with E-state index in [-0.39, 0.29) is 35.0 Å². The average molecular weight is 283 g/mol. The Morgan fingerprint density at radius 3 is 2.68 bits per heavy atom. The van der Waals surface area contributed by atoms with Gasteiger partial charge in [-0.25, -0.2) is 0 Å². The van der Waals surface area contributed by atoms with Gasteiger partial charge in [-0.15, -0.1) is 0 Å². The highest BCUT2D eigenvalue weighted by Crippen LogP contribution is 2.25. The third kappa shape index (κ3) is 3.01. The van der Waals surface area contributed by atoms with Gasteiger partial charge in [-0.1, -0.05) is 24.4 Å². The van der Waals surface area contributed by atoms with Gasteiger partial charge in [-0.05, 0) is 25.1 Å². The molecule has 1 heterocycles. The minimum Gasteiger partial charge on any atom is -0.411 e. The summed E-state index contributed by atoms with van der Waals surface area (Å²) in [5.41, 5.74) is 7.96. The summed E-state index contributed by atoms with van der Waals surface area (Å²) in [7, 11) is 0. The van der Waals surface area contributed by atoms with Crippen LogP contribution in [0.3, 0.4) is 0 Å². The maximum atomic E-state index is 12.3. The number of likely N-dealkylation sites (tertiary alicyclic amines) is 1. The lowest BCUT2D eigenvalue weighted by molar-refractivity contribution is -0.125. The van der Waals surface area contributed by atoms with Crippen LogP contribution >= 0.6 is 12.2 Å². The number of hydrogen-bond acceptors (Lipinski definition) is 5. The molecule has 1 saturated heterocycles. The molecule has 0 unspecified atom stereocenters. The Balaban J connectivity index is 2.15. The molecule has 104 valence electrons. The largest absolute Gasteiger partial charge is 0.411 e. The van der Waals surface area contributed by atoms with Crippen LogP contribution in [0.25, 0.3) is 0 Å². The molecule has 0 aromatic carbocycles. The number of nitrogens with two attached hydrogens (primary N) is 1. The zero-order chi connectivity index (χ0) is 13.8. The van der Waals surface area contributed by atoms with Crippen molar-refractivity contribution in [3.8, 4) is 0 Å². The van der Waals surface area contributed by atoms with Crippen LogP contribution in [0.15, 0.2) is 10.3 Å². The van der Waals surface area contributed by atoms with E-state index >= 15 is 0 Å². The van der Waals surface area contributed by atoms with Crippen LogP contribution < -0.4 is 11.2 Å². The molecular weight excluding hydrogens is 266 g/mol. The molecule has 2 rings (SSSR count). The van der Waals surface area contributed by atoms with E-state index in [4.69, 9.17) is 10.9 Å². The van der Waals surface area contributed by atoms with E-state index in [9.17, 15) is 4.79 Å². The predicted molar refractivity (Wildman–Crippen MR) is 75.2 cm³/mol. The topological polar surface area (TPSA) is 103 Å². The fraction of sp³-hybridized carbons (Fsp3) is 0.636. The van der Waals surface area contributed by atoms with Crippen molar-refractivity contribution in [2.75, 3.05) is 6.54 Å². The standard InChI is InChI=1S/C11H17N5O2S/c12-11(19)14-13-9-8(15-18)6-16(10(9)17)7-4-2-1-3-5-7/h7,18H,1-6H2,(H3,12,14,19)/b13-9+,15-8+. The highest BCUT2D eigenvalue weighted by atomic mass is 32.1. The molecule has 19 heavy (non-hydrogen) atoms. The Hall–Kier alpha value is -1.70. The number of nitrogens with zero attached hydrogens (tertiary/aromatic N) is 3. The Morgan fingerprint density at radius 2 is 2.11 bits per heavy atom. The molecule has 0 bridgehead atoms. The van der Waals surface area contributed by atoms with Crippen molar-refractivity contribution in [3.05, 3.63) is 0 Å². The number of nitrogens with one attached hydrogen (secondary N) is 1. The quantitative estimate of drug-likeness (QED) is 0.381. The second kappa shape index (κ2) is 5.96. The van der Waals surface area contributed by atoms with Crippen LogP contribution in [0.1, 0.15) is 32.1 Å². The highest BCUT2D eigenvalue weighted by molar-refractivity contribution is 7.80. The summed E-state index contributed by atoms with van der Waals surface area (Å²) < 4.78 is 0. The van der Waals surface area contributed by atoms with Crippen LogP contribution in [0.2, 0.25) is 0 Å². The molecule has 0 aromatic heterocycles. The third-order valence-electron chi connectivity index (χ3n) is 3.47. The van der Waals surface area contributed by atoms with E-state index in [1.165, 1.54) is 6.42 Å². The second-order valence-corrected chi connectivity index (χ2v) is 5.15. The van der Waals surface area contributed by atoms with Gasteiger partial charge in [0.15, 0.2) is 10.8 Å². The van der Waals surface area contributed by atoms with Gasteiger partial charge in [0.2, 0.25) is 0 Å². The van der Waals surface area contributed by atoms with Gasteiger partial charge in [0.05, 0.1) is 6.54 Å². The van der Waals surface area contributed by atoms with E-state index in [0.717, 1.165) is 25.7 Å². The molecular formula is C11H17N5O2S. The van der Waals surface area contributed by atoms with Crippen molar-refractivity contribution in [3.63, 3.8) is 0 Å². The monoisotopic (exact) mass is 283 g/mol. The van der Waals surface area contributed by atoms with Gasteiger partial charge in [-0.3, -0.25) is 10.2 Å². The Labute approximate surface area is 116 Å². The minimum atomic E-state index is -0.233. The molecule has 2 fully saturated rings. The van der Waals surface area contributed by atoms with Crippen LogP contribution in [0, 0.1) is 0 Å². The van der Waals surface area contributed by atoms with Crippen molar-refractivity contribution in [1.29, 1.82) is 0 Å². The average Bonchev–Trinajstić information content (AvgIpc) is 2.74. The summed E-state index contributed by atoms with van der Waals surface area (Å²) in [6, 6.07) is 0.204. The van der Waals surface area contributed by atoms with Gasteiger partial charge < -0.3 is 15.8 Å². The number of rotatable bonds is 2. The first-order chi connectivity index (χ1) is 9.13. The SMILES string of the molecule is NC(=S)N/N=C1/C(=O)N(C2CCCCC2)C/C1=N\O. The van der Waals surface area contributed by atoms with Crippen molar-refractivity contribution >= 4 is 34.7 Å². The highest BCUT2D eigenvalue weighted by Gasteiger charge is 2.38. The van der Waals surface area contributed by atoms with Crippen molar-refractivity contribution in [1.82, 2.24) is 10.3 Å². The van der Waals surface area contributed by atoms with Crippen LogP contribution in [0.4, 0.5) is 0 Å². The number of hydrogen-bond donors (Lipinski definition) is 3. The molecule has 4 N–H and O–H groups in total. The van der Waals surface area contributed by atoms with Crippen molar-refractivity contribution in [2.45, 2.75) is 38.1 Å². The first kappa shape index (κ1) is 13.7. The summed E-state index contributed by atoms with van der Waals surface area (Å²) in [6.07, 6.45) is 5.43. The normalized spacial score (nSPS) is 25.3. The lowest BCUT2D eigenvalue weighted by Gasteiger charge is -2.30. The molecule has 0 radical (unpaired) electrons. The Morgan fingerprint density at radius 1 is 1.42 bits per heavy atom. The number of amides is 1. The van der Waals surface area contributed by atoms with Gasteiger partial charge in [0, 0.05) is 6.04 Å². The lowest BCUT2D eigenvalue weighted by Crippen LogP contribution is -2.39. The van der Waals surface area contributed by atoms with Crippen molar-refractivity contribution < 1.29 is 10.0 Å². The summed E-state index contributed by atoms with van der Waals surface area (Å²) in [5.74, 6) is -0.233. The molecule has 8 heteroatoms. The fourth-order valence-corrected chi connectivity index (χ4v) is 2.60. The predicted octanol–water partition coefficient (Wildman–Crippen LogP) is 0.181. The molecule has 1 aliphatic carbocycles. The van der Waals surface area contributed by atoms with Crippen LogP contribution in [-0.2, 0) is 4.79 Å². The fourth-order valence-electron chi connectivity index (χ4n) is 2.56. The molecule has 7 nitrogen and oxygen atoms in total. The number of carbonyl (C=O) groups excluding carboxylic acids is 1. The third-order valence-corrected chi connectivity index (χ3v) is 3.56. The van der Waals surface area contributed by atoms with Crippen LogP contribution in [-0.4, -0.2) is 45.1 Å². The van der Waals surface area contributed by atoms with Gasteiger partial charge >= 0.3 is 0 Å². The van der Waals surface area contributed by atoms with Crippen LogP contribution in [0.5, 0.6) is 0 Å². The molecule has 1 amide bonds. The molecule has 1 aliphatic heterocycles. The number of carbonyl (C=O) groups is 1.